The Morgan fingerprint density at radius 3 is 2.46 bits per heavy atom. The normalized spacial score (nSPS) is 10.8. The zero-order chi connectivity index (χ0) is 20.7. The predicted octanol–water partition coefficient (Wildman–Crippen LogP) is 2.54. The highest BCUT2D eigenvalue weighted by Gasteiger charge is 2.32. The molecule has 28 heavy (non-hydrogen) atoms. The van der Waals surface area contributed by atoms with E-state index >= 15 is 0 Å². The Balaban J connectivity index is 1.89. The number of non-ortho nitro benzene ring substituents is 1. The number of halogens is 3. The summed E-state index contributed by atoms with van der Waals surface area (Å²) in [5.41, 5.74) is -0.192. The molecule has 0 aliphatic rings. The lowest BCUT2D eigenvalue weighted by Gasteiger charge is -2.13. The lowest BCUT2D eigenvalue weighted by Crippen LogP contribution is -2.36. The zero-order valence-electron chi connectivity index (χ0n) is 14.2. The highest BCUT2D eigenvalue weighted by Crippen LogP contribution is 2.26. The SMILES string of the molecule is O=C(CNC(=O)c1cccc([N+](=O)[O-])c1)NCc1ccccc1OC(F)(F)F. The fraction of sp³-hybridized carbons (Fsp3) is 0.176. The Morgan fingerprint density at radius 1 is 1.07 bits per heavy atom. The lowest BCUT2D eigenvalue weighted by atomic mass is 10.2. The first-order valence-corrected chi connectivity index (χ1v) is 7.79. The van der Waals surface area contributed by atoms with Crippen LogP contribution < -0.4 is 15.4 Å². The van der Waals surface area contributed by atoms with Gasteiger partial charge >= 0.3 is 6.36 Å². The van der Waals surface area contributed by atoms with Crippen LogP contribution in [0.5, 0.6) is 5.75 Å². The summed E-state index contributed by atoms with van der Waals surface area (Å²) in [5.74, 6) is -1.82. The van der Waals surface area contributed by atoms with Crippen LogP contribution in [0.4, 0.5) is 18.9 Å². The first kappa shape index (κ1) is 20.7. The molecule has 11 heteroatoms. The number of para-hydroxylation sites is 1. The minimum atomic E-state index is -4.87. The van der Waals surface area contributed by atoms with Crippen molar-refractivity contribution < 1.29 is 32.4 Å². The molecule has 2 amide bonds. The van der Waals surface area contributed by atoms with Crippen molar-refractivity contribution >= 4 is 17.5 Å². The number of nitrogens with zero attached hydrogens (tertiary/aromatic N) is 1. The number of hydrogen-bond donors (Lipinski definition) is 2. The molecule has 2 N–H and O–H groups in total. The van der Waals surface area contributed by atoms with Crippen molar-refractivity contribution in [2.24, 2.45) is 0 Å². The van der Waals surface area contributed by atoms with Crippen molar-refractivity contribution in [1.82, 2.24) is 10.6 Å². The number of nitro benzene ring substituents is 1. The average Bonchev–Trinajstić information content (AvgIpc) is 2.64. The summed E-state index contributed by atoms with van der Waals surface area (Å²) >= 11 is 0. The van der Waals surface area contributed by atoms with Crippen LogP contribution in [0, 0.1) is 10.1 Å². The second-order valence-electron chi connectivity index (χ2n) is 5.42. The molecule has 2 rings (SSSR count). The lowest BCUT2D eigenvalue weighted by molar-refractivity contribution is -0.384. The smallest absolute Gasteiger partial charge is 0.405 e. The Labute approximate surface area is 156 Å². The first-order chi connectivity index (χ1) is 13.2. The molecule has 0 aliphatic heterocycles. The number of carbonyl (C=O) groups excluding carboxylic acids is 2. The van der Waals surface area contributed by atoms with E-state index in [1.165, 1.54) is 36.4 Å². The predicted molar refractivity (Wildman–Crippen MR) is 90.4 cm³/mol. The molecule has 0 fully saturated rings. The number of alkyl halides is 3. The topological polar surface area (TPSA) is 111 Å². The third-order valence-corrected chi connectivity index (χ3v) is 3.40. The summed E-state index contributed by atoms with van der Waals surface area (Å²) in [5, 5.41) is 15.3. The van der Waals surface area contributed by atoms with E-state index in [0.29, 0.717) is 0 Å². The summed E-state index contributed by atoms with van der Waals surface area (Å²) < 4.78 is 41.0. The monoisotopic (exact) mass is 397 g/mol. The highest BCUT2D eigenvalue weighted by atomic mass is 19.4. The van der Waals surface area contributed by atoms with Gasteiger partial charge in [0, 0.05) is 29.8 Å². The Bertz CT molecular complexity index is 886. The van der Waals surface area contributed by atoms with E-state index in [-0.39, 0.29) is 23.4 Å². The molecule has 0 unspecified atom stereocenters. The van der Waals surface area contributed by atoms with Crippen molar-refractivity contribution in [2.45, 2.75) is 12.9 Å². The third kappa shape index (κ3) is 6.27. The molecule has 0 radical (unpaired) electrons. The molecule has 0 heterocycles. The molecule has 0 saturated carbocycles. The van der Waals surface area contributed by atoms with Gasteiger partial charge in [-0.2, -0.15) is 0 Å². The molecule has 2 aromatic rings. The average molecular weight is 397 g/mol. The summed E-state index contributed by atoms with van der Waals surface area (Å²) in [7, 11) is 0. The van der Waals surface area contributed by atoms with Gasteiger partial charge in [0.15, 0.2) is 0 Å². The molecule has 0 spiro atoms. The van der Waals surface area contributed by atoms with Crippen LogP contribution in [0.25, 0.3) is 0 Å². The van der Waals surface area contributed by atoms with Gasteiger partial charge in [0.2, 0.25) is 5.91 Å². The quantitative estimate of drug-likeness (QED) is 0.551. The van der Waals surface area contributed by atoms with Gasteiger partial charge in [-0.15, -0.1) is 13.2 Å². The second kappa shape index (κ2) is 8.84. The number of hydrogen-bond acceptors (Lipinski definition) is 5. The molecular weight excluding hydrogens is 383 g/mol. The van der Waals surface area contributed by atoms with E-state index < -0.39 is 35.4 Å². The molecule has 0 aliphatic carbocycles. The standard InChI is InChI=1S/C17H14F3N3O5/c18-17(19,20)28-14-7-2-1-4-12(14)9-21-15(24)10-22-16(25)11-5-3-6-13(8-11)23(26)27/h1-8H,9-10H2,(H,21,24)(H,22,25). The van der Waals surface area contributed by atoms with Gasteiger partial charge in [-0.25, -0.2) is 0 Å². The molecule has 0 aromatic heterocycles. The molecule has 0 bridgehead atoms. The van der Waals surface area contributed by atoms with E-state index in [1.54, 1.807) is 0 Å². The number of amides is 2. The van der Waals surface area contributed by atoms with Crippen molar-refractivity contribution in [1.29, 1.82) is 0 Å². The molecule has 8 nitrogen and oxygen atoms in total. The van der Waals surface area contributed by atoms with Gasteiger partial charge in [0.25, 0.3) is 11.6 Å². The summed E-state index contributed by atoms with van der Waals surface area (Å²) in [4.78, 5) is 33.8. The molecule has 0 saturated heterocycles. The number of rotatable bonds is 7. The van der Waals surface area contributed by atoms with Crippen LogP contribution in [-0.4, -0.2) is 29.6 Å². The van der Waals surface area contributed by atoms with Gasteiger partial charge in [-0.3, -0.25) is 19.7 Å². The van der Waals surface area contributed by atoms with Gasteiger partial charge in [0.05, 0.1) is 11.5 Å². The van der Waals surface area contributed by atoms with Gasteiger partial charge in [-0.1, -0.05) is 24.3 Å². The largest absolute Gasteiger partial charge is 0.573 e. The van der Waals surface area contributed by atoms with E-state index in [0.717, 1.165) is 12.1 Å². The van der Waals surface area contributed by atoms with Crippen LogP contribution in [0.3, 0.4) is 0 Å². The Hall–Kier alpha value is -3.63. The van der Waals surface area contributed by atoms with Crippen molar-refractivity contribution in [2.75, 3.05) is 6.54 Å². The number of nitro groups is 1. The highest BCUT2D eigenvalue weighted by molar-refractivity contribution is 5.96. The van der Waals surface area contributed by atoms with Crippen LogP contribution in [0.1, 0.15) is 15.9 Å². The van der Waals surface area contributed by atoms with E-state index in [2.05, 4.69) is 15.4 Å². The number of nitrogens with one attached hydrogen (secondary N) is 2. The molecular formula is C17H14F3N3O5. The first-order valence-electron chi connectivity index (χ1n) is 7.79. The van der Waals surface area contributed by atoms with E-state index in [4.69, 9.17) is 0 Å². The number of carbonyl (C=O) groups is 2. The van der Waals surface area contributed by atoms with Crippen molar-refractivity contribution in [3.63, 3.8) is 0 Å². The maximum atomic E-state index is 12.4. The zero-order valence-corrected chi connectivity index (χ0v) is 14.2. The third-order valence-electron chi connectivity index (χ3n) is 3.40. The van der Waals surface area contributed by atoms with Crippen LogP contribution in [-0.2, 0) is 11.3 Å². The fourth-order valence-electron chi connectivity index (χ4n) is 2.15. The second-order valence-corrected chi connectivity index (χ2v) is 5.42. The van der Waals surface area contributed by atoms with Crippen LogP contribution in [0.2, 0.25) is 0 Å². The summed E-state index contributed by atoms with van der Waals surface area (Å²) in [6.07, 6.45) is -4.87. The Morgan fingerprint density at radius 2 is 1.79 bits per heavy atom. The maximum Gasteiger partial charge on any atom is 0.573 e. The van der Waals surface area contributed by atoms with E-state index in [1.807, 2.05) is 0 Å². The van der Waals surface area contributed by atoms with Gasteiger partial charge in [-0.05, 0) is 12.1 Å². The number of ether oxygens (including phenoxy) is 1. The summed E-state index contributed by atoms with van der Waals surface area (Å²) in [6.45, 7) is -0.721. The fourth-order valence-corrected chi connectivity index (χ4v) is 2.15. The number of benzene rings is 2. The molecule has 2 aromatic carbocycles. The van der Waals surface area contributed by atoms with Crippen LogP contribution in [0.15, 0.2) is 48.5 Å². The van der Waals surface area contributed by atoms with Gasteiger partial charge in [0.1, 0.15) is 5.75 Å². The van der Waals surface area contributed by atoms with Crippen LogP contribution >= 0.6 is 0 Å². The molecule has 0 atom stereocenters. The van der Waals surface area contributed by atoms with Gasteiger partial charge < -0.3 is 15.4 Å². The minimum absolute atomic E-state index is 0.00840. The minimum Gasteiger partial charge on any atom is -0.405 e. The van der Waals surface area contributed by atoms with Crippen molar-refractivity contribution in [3.05, 3.63) is 69.8 Å². The van der Waals surface area contributed by atoms with E-state index in [9.17, 15) is 32.9 Å². The van der Waals surface area contributed by atoms with Crippen molar-refractivity contribution in [3.8, 4) is 5.75 Å². The Kier molecular flexibility index (Phi) is 6.53. The molecule has 148 valence electrons. The summed E-state index contributed by atoms with van der Waals surface area (Å²) in [6, 6.07) is 10.2. The maximum absolute atomic E-state index is 12.4.